The normalized spacial score (nSPS) is 14.8. The van der Waals surface area contributed by atoms with Crippen LogP contribution in [0.4, 0.5) is 30.7 Å². The molecule has 17 heavy (non-hydrogen) atoms. The maximum Gasteiger partial charge on any atom is 0.416 e. The summed E-state index contributed by atoms with van der Waals surface area (Å²) in [5.41, 5.74) is -2.29. The molecule has 0 radical (unpaired) electrons. The quantitative estimate of drug-likeness (QED) is 0.512. The second-order valence-corrected chi connectivity index (χ2v) is 4.09. The minimum atomic E-state index is -4.89. The molecule has 0 spiro atoms. The van der Waals surface area contributed by atoms with Crippen LogP contribution in [-0.4, -0.2) is 6.18 Å². The topological polar surface area (TPSA) is 0 Å². The molecule has 0 saturated heterocycles. The first-order valence-corrected chi connectivity index (χ1v) is 5.02. The van der Waals surface area contributed by atoms with Gasteiger partial charge in [-0.3, -0.25) is 0 Å². The van der Waals surface area contributed by atoms with E-state index in [0.29, 0.717) is 6.07 Å². The number of rotatable bonds is 1. The Morgan fingerprint density at radius 3 is 1.88 bits per heavy atom. The summed E-state index contributed by atoms with van der Waals surface area (Å²) < 4.78 is 86.3. The molecule has 1 aromatic rings. The van der Waals surface area contributed by atoms with E-state index in [4.69, 9.17) is 0 Å². The molecule has 0 bridgehead atoms. The SMILES string of the molecule is Fc1cc(C(Br)C(F)(F)F)cc(C(F)(F)F)c1. The Labute approximate surface area is 99.6 Å². The smallest absolute Gasteiger partial charge is 0.207 e. The number of hydrogen-bond acceptors (Lipinski definition) is 0. The molecule has 0 aliphatic rings. The van der Waals surface area contributed by atoms with Gasteiger partial charge in [-0.15, -0.1) is 0 Å². The van der Waals surface area contributed by atoms with E-state index in [2.05, 4.69) is 15.9 Å². The van der Waals surface area contributed by atoms with Crippen LogP contribution in [0.3, 0.4) is 0 Å². The molecule has 0 nitrogen and oxygen atoms in total. The van der Waals surface area contributed by atoms with Crippen LogP contribution in [0.5, 0.6) is 0 Å². The van der Waals surface area contributed by atoms with Gasteiger partial charge >= 0.3 is 12.4 Å². The van der Waals surface area contributed by atoms with Crippen molar-refractivity contribution in [2.45, 2.75) is 17.2 Å². The van der Waals surface area contributed by atoms with Crippen molar-refractivity contribution in [3.63, 3.8) is 0 Å². The Bertz CT molecular complexity index is 407. The summed E-state index contributed by atoms with van der Waals surface area (Å²) in [6, 6.07) is 0.803. The van der Waals surface area contributed by atoms with Crippen LogP contribution in [0.2, 0.25) is 0 Å². The van der Waals surface area contributed by atoms with E-state index in [9.17, 15) is 30.7 Å². The third-order valence-electron chi connectivity index (χ3n) is 1.83. The zero-order chi connectivity index (χ0) is 13.4. The predicted octanol–water partition coefficient (Wildman–Crippen LogP) is 4.84. The molecule has 0 aliphatic heterocycles. The highest BCUT2D eigenvalue weighted by atomic mass is 79.9. The van der Waals surface area contributed by atoms with E-state index in [0.717, 1.165) is 0 Å². The molecule has 0 N–H and O–H groups in total. The lowest BCUT2D eigenvalue weighted by atomic mass is 10.1. The average molecular weight is 325 g/mol. The van der Waals surface area contributed by atoms with Crippen molar-refractivity contribution in [2.75, 3.05) is 0 Å². The number of benzene rings is 1. The fourth-order valence-electron chi connectivity index (χ4n) is 1.11. The lowest BCUT2D eigenvalue weighted by Crippen LogP contribution is -2.16. The summed E-state index contributed by atoms with van der Waals surface area (Å²) >= 11 is 2.18. The zero-order valence-electron chi connectivity index (χ0n) is 7.83. The van der Waals surface area contributed by atoms with Crippen LogP contribution in [0.25, 0.3) is 0 Å². The van der Waals surface area contributed by atoms with Crippen molar-refractivity contribution < 1.29 is 30.7 Å². The Morgan fingerprint density at radius 1 is 0.941 bits per heavy atom. The van der Waals surface area contributed by atoms with Gasteiger partial charge in [0.2, 0.25) is 0 Å². The van der Waals surface area contributed by atoms with Crippen LogP contribution < -0.4 is 0 Å². The molecule has 0 amide bonds. The Kier molecular flexibility index (Phi) is 3.75. The second-order valence-electron chi connectivity index (χ2n) is 3.18. The summed E-state index contributed by atoms with van der Waals surface area (Å²) in [5, 5.41) is 0. The van der Waals surface area contributed by atoms with Gasteiger partial charge in [0.1, 0.15) is 10.6 Å². The molecule has 1 aromatic carbocycles. The summed E-state index contributed by atoms with van der Waals surface area (Å²) in [7, 11) is 0. The molecule has 96 valence electrons. The summed E-state index contributed by atoms with van der Waals surface area (Å²) in [5.74, 6) is -1.37. The highest BCUT2D eigenvalue weighted by molar-refractivity contribution is 9.09. The lowest BCUT2D eigenvalue weighted by molar-refractivity contribution is -0.139. The Hall–Kier alpha value is -0.790. The first-order chi connectivity index (χ1) is 7.51. The van der Waals surface area contributed by atoms with E-state index in [1.54, 1.807) is 0 Å². The summed E-state index contributed by atoms with van der Waals surface area (Å²) in [6.45, 7) is 0. The molecule has 8 heteroatoms. The van der Waals surface area contributed by atoms with Gasteiger partial charge in [-0.25, -0.2) is 4.39 Å². The standard InChI is InChI=1S/C9H4BrF7/c10-7(9(15,16)17)4-1-5(8(12,13)14)3-6(11)2-4/h1-3,7H. The van der Waals surface area contributed by atoms with Crippen molar-refractivity contribution in [1.82, 2.24) is 0 Å². The van der Waals surface area contributed by atoms with Crippen molar-refractivity contribution in [1.29, 1.82) is 0 Å². The minimum absolute atomic E-state index is 0.138. The fraction of sp³-hybridized carbons (Fsp3) is 0.333. The molecule has 0 saturated carbocycles. The maximum absolute atomic E-state index is 12.8. The summed E-state index contributed by atoms with van der Waals surface area (Å²) in [6.07, 6.45) is -9.69. The lowest BCUT2D eigenvalue weighted by Gasteiger charge is -2.16. The van der Waals surface area contributed by atoms with E-state index < -0.39 is 34.1 Å². The Balaban J connectivity index is 3.24. The van der Waals surface area contributed by atoms with Gasteiger partial charge in [-0.1, -0.05) is 15.9 Å². The summed E-state index contributed by atoms with van der Waals surface area (Å²) in [4.78, 5) is -2.34. The van der Waals surface area contributed by atoms with Crippen LogP contribution >= 0.6 is 15.9 Å². The average Bonchev–Trinajstić information content (AvgIpc) is 2.12. The van der Waals surface area contributed by atoms with Crippen molar-refractivity contribution >= 4 is 15.9 Å². The van der Waals surface area contributed by atoms with Gasteiger partial charge in [0, 0.05) is 0 Å². The highest BCUT2D eigenvalue weighted by Gasteiger charge is 2.40. The molecule has 1 atom stereocenters. The maximum atomic E-state index is 12.8. The highest BCUT2D eigenvalue weighted by Crippen LogP contribution is 2.41. The molecule has 0 heterocycles. The number of alkyl halides is 7. The van der Waals surface area contributed by atoms with Gasteiger partial charge in [0.05, 0.1) is 5.56 Å². The molecular formula is C9H4BrF7. The third-order valence-corrected chi connectivity index (χ3v) is 2.88. The van der Waals surface area contributed by atoms with E-state index in [1.165, 1.54) is 0 Å². The second kappa shape index (κ2) is 4.47. The molecule has 0 aliphatic carbocycles. The monoisotopic (exact) mass is 324 g/mol. The van der Waals surface area contributed by atoms with Gasteiger partial charge in [-0.05, 0) is 23.8 Å². The van der Waals surface area contributed by atoms with Gasteiger partial charge in [0.25, 0.3) is 0 Å². The third kappa shape index (κ3) is 3.58. The van der Waals surface area contributed by atoms with E-state index in [1.807, 2.05) is 0 Å². The molecule has 0 aromatic heterocycles. The minimum Gasteiger partial charge on any atom is -0.207 e. The molecule has 1 rings (SSSR count). The van der Waals surface area contributed by atoms with Gasteiger partial charge in [-0.2, -0.15) is 26.3 Å². The van der Waals surface area contributed by atoms with E-state index in [-0.39, 0.29) is 12.1 Å². The Morgan fingerprint density at radius 2 is 1.47 bits per heavy atom. The van der Waals surface area contributed by atoms with Crippen LogP contribution in [-0.2, 0) is 6.18 Å². The van der Waals surface area contributed by atoms with Gasteiger partial charge in [0.15, 0.2) is 0 Å². The first-order valence-electron chi connectivity index (χ1n) is 4.10. The number of hydrogen-bond donors (Lipinski definition) is 0. The van der Waals surface area contributed by atoms with E-state index >= 15 is 0 Å². The van der Waals surface area contributed by atoms with Gasteiger partial charge < -0.3 is 0 Å². The number of halogens is 8. The fourth-order valence-corrected chi connectivity index (χ4v) is 1.38. The predicted molar refractivity (Wildman–Crippen MR) is 49.1 cm³/mol. The van der Waals surface area contributed by atoms with Crippen molar-refractivity contribution in [3.05, 3.63) is 35.1 Å². The van der Waals surface area contributed by atoms with Crippen molar-refractivity contribution in [2.24, 2.45) is 0 Å². The van der Waals surface area contributed by atoms with Crippen LogP contribution in [0, 0.1) is 5.82 Å². The largest absolute Gasteiger partial charge is 0.416 e. The zero-order valence-corrected chi connectivity index (χ0v) is 9.42. The molecule has 0 fully saturated rings. The first kappa shape index (κ1) is 14.3. The van der Waals surface area contributed by atoms with Crippen LogP contribution in [0.1, 0.15) is 16.0 Å². The van der Waals surface area contributed by atoms with Crippen LogP contribution in [0.15, 0.2) is 18.2 Å². The molecule has 1 unspecified atom stereocenters. The van der Waals surface area contributed by atoms with Crippen molar-refractivity contribution in [3.8, 4) is 0 Å². The molecular weight excluding hydrogens is 321 g/mol.